The second kappa shape index (κ2) is 8.54. The Bertz CT molecular complexity index is 1170. The average molecular weight is 427 g/mol. The minimum absolute atomic E-state index is 0.0947. The molecular weight excluding hydrogens is 401 g/mol. The molecule has 0 spiro atoms. The van der Waals surface area contributed by atoms with Crippen molar-refractivity contribution in [1.29, 1.82) is 0 Å². The molecule has 4 heterocycles. The number of aryl methyl sites for hydroxylation is 1. The summed E-state index contributed by atoms with van der Waals surface area (Å²) in [6, 6.07) is 1.26. The first-order valence-corrected chi connectivity index (χ1v) is 10.4. The molecule has 31 heavy (non-hydrogen) atoms. The standard InChI is InChI=1S/C21H26FN7O2/c1-11(2)25-21-26-12(3)16-18(28-21)29(14-6-5-7-23-10-14)20(30)17(27-16)13-8-15(22)19(31-4)24-9-13/h8-9,11,14,23H,5-7,10H2,1-4H3,(H,25,26,28)/t14-/m0/s1. The smallest absolute Gasteiger partial charge is 0.279 e. The zero-order valence-corrected chi connectivity index (χ0v) is 18.1. The Morgan fingerprint density at radius 3 is 2.77 bits per heavy atom. The van der Waals surface area contributed by atoms with E-state index in [4.69, 9.17) is 4.74 Å². The second-order valence-electron chi connectivity index (χ2n) is 7.95. The van der Waals surface area contributed by atoms with Gasteiger partial charge in [0.2, 0.25) is 11.8 Å². The molecule has 9 nitrogen and oxygen atoms in total. The van der Waals surface area contributed by atoms with E-state index in [1.165, 1.54) is 19.4 Å². The molecule has 164 valence electrons. The first-order chi connectivity index (χ1) is 14.9. The van der Waals surface area contributed by atoms with Gasteiger partial charge < -0.3 is 15.4 Å². The van der Waals surface area contributed by atoms with Crippen molar-refractivity contribution < 1.29 is 9.13 Å². The van der Waals surface area contributed by atoms with Gasteiger partial charge in [-0.1, -0.05) is 0 Å². The fourth-order valence-corrected chi connectivity index (χ4v) is 3.83. The number of pyridine rings is 1. The van der Waals surface area contributed by atoms with Crippen molar-refractivity contribution in [3.8, 4) is 17.1 Å². The van der Waals surface area contributed by atoms with Crippen LogP contribution in [0.5, 0.6) is 5.88 Å². The summed E-state index contributed by atoms with van der Waals surface area (Å²) >= 11 is 0. The van der Waals surface area contributed by atoms with E-state index in [0.29, 0.717) is 29.4 Å². The maximum Gasteiger partial charge on any atom is 0.279 e. The predicted molar refractivity (Wildman–Crippen MR) is 116 cm³/mol. The van der Waals surface area contributed by atoms with E-state index in [9.17, 15) is 9.18 Å². The number of aromatic nitrogens is 5. The Kier molecular flexibility index (Phi) is 5.81. The largest absolute Gasteiger partial charge is 0.479 e. The number of nitrogens with zero attached hydrogens (tertiary/aromatic N) is 5. The van der Waals surface area contributed by atoms with E-state index in [1.54, 1.807) is 4.57 Å². The van der Waals surface area contributed by atoms with Crippen LogP contribution in [0.15, 0.2) is 17.1 Å². The Labute approximate surface area is 179 Å². The number of methoxy groups -OCH3 is 1. The summed E-state index contributed by atoms with van der Waals surface area (Å²) in [7, 11) is 1.34. The van der Waals surface area contributed by atoms with E-state index in [2.05, 4.69) is 30.6 Å². The Morgan fingerprint density at radius 1 is 1.32 bits per heavy atom. The molecule has 3 aromatic heterocycles. The van der Waals surface area contributed by atoms with Crippen LogP contribution >= 0.6 is 0 Å². The van der Waals surface area contributed by atoms with E-state index >= 15 is 0 Å². The molecular formula is C21H26FN7O2. The molecule has 0 saturated carbocycles. The Morgan fingerprint density at radius 2 is 2.13 bits per heavy atom. The maximum absolute atomic E-state index is 14.3. The van der Waals surface area contributed by atoms with Gasteiger partial charge in [0.05, 0.1) is 18.8 Å². The SMILES string of the molecule is COc1ncc(-c2nc3c(C)nc(NC(C)C)nc3n([C@H]3CCCNC3)c2=O)cc1F. The predicted octanol–water partition coefficient (Wildman–Crippen LogP) is 2.45. The molecule has 1 aliphatic heterocycles. The van der Waals surface area contributed by atoms with Crippen molar-refractivity contribution in [2.75, 3.05) is 25.5 Å². The van der Waals surface area contributed by atoms with Gasteiger partial charge in [0.15, 0.2) is 11.5 Å². The summed E-state index contributed by atoms with van der Waals surface area (Å²) in [6.45, 7) is 7.36. The lowest BCUT2D eigenvalue weighted by molar-refractivity contribution is 0.368. The normalized spacial score (nSPS) is 16.6. The molecule has 0 aromatic carbocycles. The van der Waals surface area contributed by atoms with Crippen LogP contribution in [0.4, 0.5) is 10.3 Å². The fraction of sp³-hybridized carbons (Fsp3) is 0.476. The summed E-state index contributed by atoms with van der Waals surface area (Å²) in [4.78, 5) is 31.3. The third-order valence-electron chi connectivity index (χ3n) is 5.24. The monoisotopic (exact) mass is 427 g/mol. The summed E-state index contributed by atoms with van der Waals surface area (Å²) in [5, 5.41) is 6.54. The number of hydrogen-bond acceptors (Lipinski definition) is 8. The second-order valence-corrected chi connectivity index (χ2v) is 7.95. The molecule has 3 aromatic rings. The first kappa shape index (κ1) is 21.1. The van der Waals surface area contributed by atoms with Crippen molar-refractivity contribution in [3.05, 3.63) is 34.1 Å². The van der Waals surface area contributed by atoms with Crippen molar-refractivity contribution in [2.45, 2.75) is 45.7 Å². The number of anilines is 1. The minimum Gasteiger partial charge on any atom is -0.479 e. The summed E-state index contributed by atoms with van der Waals surface area (Å²) in [6.07, 6.45) is 3.17. The van der Waals surface area contributed by atoms with Crippen molar-refractivity contribution >= 4 is 17.1 Å². The number of nitrogens with one attached hydrogen (secondary N) is 2. The molecule has 0 amide bonds. The average Bonchev–Trinajstić information content (AvgIpc) is 2.73. The lowest BCUT2D eigenvalue weighted by atomic mass is 10.1. The van der Waals surface area contributed by atoms with Gasteiger partial charge in [0.25, 0.3) is 5.56 Å². The number of halogens is 1. The highest BCUT2D eigenvalue weighted by Crippen LogP contribution is 2.26. The van der Waals surface area contributed by atoms with Crippen molar-refractivity contribution in [1.82, 2.24) is 29.8 Å². The number of rotatable bonds is 5. The fourth-order valence-electron chi connectivity index (χ4n) is 3.83. The van der Waals surface area contributed by atoms with Crippen LogP contribution < -0.4 is 20.9 Å². The van der Waals surface area contributed by atoms with Crippen LogP contribution in [0.2, 0.25) is 0 Å². The molecule has 2 N–H and O–H groups in total. The van der Waals surface area contributed by atoms with Crippen LogP contribution in [0.1, 0.15) is 38.4 Å². The zero-order chi connectivity index (χ0) is 22.1. The summed E-state index contributed by atoms with van der Waals surface area (Å²) < 4.78 is 20.9. The van der Waals surface area contributed by atoms with Crippen molar-refractivity contribution in [2.24, 2.45) is 0 Å². The van der Waals surface area contributed by atoms with Gasteiger partial charge in [-0.3, -0.25) is 9.36 Å². The topological polar surface area (TPSA) is 107 Å². The van der Waals surface area contributed by atoms with Crippen LogP contribution in [0, 0.1) is 12.7 Å². The molecule has 10 heteroatoms. The molecule has 1 atom stereocenters. The molecule has 0 radical (unpaired) electrons. The van der Waals surface area contributed by atoms with Crippen LogP contribution in [-0.4, -0.2) is 50.7 Å². The van der Waals surface area contributed by atoms with E-state index < -0.39 is 5.82 Å². The molecule has 1 saturated heterocycles. The lowest BCUT2D eigenvalue weighted by Crippen LogP contribution is -2.38. The van der Waals surface area contributed by atoms with Crippen LogP contribution in [0.3, 0.4) is 0 Å². The Hall–Kier alpha value is -3.14. The molecule has 0 unspecified atom stereocenters. The number of piperidine rings is 1. The highest BCUT2D eigenvalue weighted by Gasteiger charge is 2.24. The highest BCUT2D eigenvalue weighted by molar-refractivity contribution is 5.77. The maximum atomic E-state index is 14.3. The molecule has 0 bridgehead atoms. The number of hydrogen-bond donors (Lipinski definition) is 2. The minimum atomic E-state index is -0.656. The first-order valence-electron chi connectivity index (χ1n) is 10.4. The number of ether oxygens (including phenoxy) is 1. The van der Waals surface area contributed by atoms with Gasteiger partial charge in [0.1, 0.15) is 11.2 Å². The molecule has 0 aliphatic carbocycles. The van der Waals surface area contributed by atoms with Gasteiger partial charge in [-0.15, -0.1) is 0 Å². The Balaban J connectivity index is 1.98. The number of fused-ring (bicyclic) bond motifs is 1. The van der Waals surface area contributed by atoms with Gasteiger partial charge in [-0.2, -0.15) is 4.98 Å². The molecule has 4 rings (SSSR count). The van der Waals surface area contributed by atoms with Crippen LogP contribution in [-0.2, 0) is 0 Å². The summed E-state index contributed by atoms with van der Waals surface area (Å²) in [5.74, 6) is -0.342. The van der Waals surface area contributed by atoms with E-state index in [0.717, 1.165) is 19.4 Å². The molecule has 1 fully saturated rings. The van der Waals surface area contributed by atoms with Crippen LogP contribution in [0.25, 0.3) is 22.4 Å². The van der Waals surface area contributed by atoms with Gasteiger partial charge in [0, 0.05) is 24.3 Å². The lowest BCUT2D eigenvalue weighted by Gasteiger charge is -2.26. The third-order valence-corrected chi connectivity index (χ3v) is 5.24. The van der Waals surface area contributed by atoms with Gasteiger partial charge >= 0.3 is 0 Å². The van der Waals surface area contributed by atoms with E-state index in [1.807, 2.05) is 20.8 Å². The highest BCUT2D eigenvalue weighted by atomic mass is 19.1. The zero-order valence-electron chi connectivity index (χ0n) is 18.1. The van der Waals surface area contributed by atoms with Gasteiger partial charge in [-0.25, -0.2) is 19.3 Å². The quantitative estimate of drug-likeness (QED) is 0.640. The van der Waals surface area contributed by atoms with Crippen molar-refractivity contribution in [3.63, 3.8) is 0 Å². The molecule has 1 aliphatic rings. The van der Waals surface area contributed by atoms with E-state index in [-0.39, 0.29) is 34.8 Å². The van der Waals surface area contributed by atoms with Gasteiger partial charge in [-0.05, 0) is 46.2 Å². The third kappa shape index (κ3) is 4.07. The summed E-state index contributed by atoms with van der Waals surface area (Å²) in [5.41, 5.74) is 1.68.